The Bertz CT molecular complexity index is 2100. The molecule has 0 aromatic heterocycles. The number of nitriles is 1. The summed E-state index contributed by atoms with van der Waals surface area (Å²) in [5.74, 6) is -2.36. The fourth-order valence-corrected chi connectivity index (χ4v) is 6.93. The predicted molar refractivity (Wildman–Crippen MR) is 219 cm³/mol. The minimum atomic E-state index is -0.932. The van der Waals surface area contributed by atoms with Gasteiger partial charge in [-0.1, -0.05) is 50.9 Å². The van der Waals surface area contributed by atoms with E-state index in [2.05, 4.69) is 48.6 Å². The number of carboxylic acid groups (broad SMARTS) is 2. The van der Waals surface area contributed by atoms with Crippen LogP contribution in [0.1, 0.15) is 61.9 Å². The second-order valence-corrected chi connectivity index (χ2v) is 15.5. The summed E-state index contributed by atoms with van der Waals surface area (Å²) < 4.78 is 26.5. The number of nitrogens with one attached hydrogen (secondary N) is 2. The molecule has 2 amide bonds. The van der Waals surface area contributed by atoms with Crippen molar-refractivity contribution in [1.29, 1.82) is 5.26 Å². The first-order valence-electron chi connectivity index (χ1n) is 16.9. The molecule has 0 aliphatic rings. The van der Waals surface area contributed by atoms with Gasteiger partial charge in [0.15, 0.2) is 5.75 Å². The normalized spacial score (nSPS) is 10.6. The first kappa shape index (κ1) is 45.7. The molecule has 0 unspecified atom stereocenters. The molecule has 0 bridgehead atoms. The smallest absolute Gasteiger partial charge is 0.307 e. The lowest BCUT2D eigenvalue weighted by atomic mass is 10.1. The van der Waals surface area contributed by atoms with E-state index in [9.17, 15) is 28.8 Å². The molecule has 16 heteroatoms. The van der Waals surface area contributed by atoms with Crippen molar-refractivity contribution in [3.63, 3.8) is 0 Å². The van der Waals surface area contributed by atoms with Crippen molar-refractivity contribution in [3.05, 3.63) is 113 Å². The minimum Gasteiger partial charge on any atom is -0.487 e. The maximum Gasteiger partial charge on any atom is 0.307 e. The number of amides is 2. The summed E-state index contributed by atoms with van der Waals surface area (Å²) >= 11 is 19.2. The summed E-state index contributed by atoms with van der Waals surface area (Å²) in [6.07, 6.45) is 0.164. The Labute approximate surface area is 350 Å². The van der Waals surface area contributed by atoms with Crippen LogP contribution in [0, 0.1) is 29.0 Å². The summed E-state index contributed by atoms with van der Waals surface area (Å²) in [4.78, 5) is 45.3. The maximum atomic E-state index is 13.9. The molecule has 0 aliphatic heterocycles. The Balaban J connectivity index is 0.000000301. The number of nitrogens with zero attached hydrogens (tertiary/aromatic N) is 1. The lowest BCUT2D eigenvalue weighted by molar-refractivity contribution is -0.137. The maximum absolute atomic E-state index is 13.9. The average molecular weight is 938 g/mol. The first-order chi connectivity index (χ1) is 26.3. The molecule has 0 saturated carbocycles. The highest BCUT2D eigenvalue weighted by Gasteiger charge is 2.15. The number of anilines is 2. The molecule has 0 saturated heterocycles. The highest BCUT2D eigenvalue weighted by molar-refractivity contribution is 9.11. The molecule has 0 atom stereocenters. The van der Waals surface area contributed by atoms with Crippen LogP contribution < -0.4 is 20.1 Å². The summed E-state index contributed by atoms with van der Waals surface area (Å²) in [7, 11) is 0. The molecule has 4 aromatic carbocycles. The number of ether oxygens (including phenoxy) is 2. The van der Waals surface area contributed by atoms with Crippen molar-refractivity contribution in [2.75, 3.05) is 10.6 Å². The third kappa shape index (κ3) is 14.8. The van der Waals surface area contributed by atoms with E-state index in [0.717, 1.165) is 0 Å². The molecule has 0 spiro atoms. The van der Waals surface area contributed by atoms with Crippen LogP contribution in [0.4, 0.5) is 15.8 Å². The quantitative estimate of drug-likeness (QED) is 0.0904. The molecule has 0 aliphatic carbocycles. The van der Waals surface area contributed by atoms with E-state index < -0.39 is 17.8 Å². The van der Waals surface area contributed by atoms with Crippen molar-refractivity contribution in [3.8, 4) is 17.6 Å². The fourth-order valence-electron chi connectivity index (χ4n) is 4.77. The highest BCUT2D eigenvalue weighted by Crippen LogP contribution is 2.37. The van der Waals surface area contributed by atoms with Gasteiger partial charge >= 0.3 is 11.9 Å². The minimum absolute atomic E-state index is 0.0291. The number of halogens is 5. The van der Waals surface area contributed by atoms with Gasteiger partial charge in [0.1, 0.15) is 24.8 Å². The number of aliphatic carboxylic acids is 2. The number of carbonyl (C=O) groups excluding carboxylic acids is 2. The van der Waals surface area contributed by atoms with Gasteiger partial charge in [0.05, 0.1) is 37.0 Å². The van der Waals surface area contributed by atoms with Crippen LogP contribution in [0.5, 0.6) is 11.5 Å². The van der Waals surface area contributed by atoms with Crippen molar-refractivity contribution in [2.24, 2.45) is 11.8 Å². The number of carboxylic acids is 2. The molecule has 0 radical (unpaired) electrons. The van der Waals surface area contributed by atoms with Gasteiger partial charge in [0, 0.05) is 29.6 Å². The van der Waals surface area contributed by atoms with Gasteiger partial charge in [0.25, 0.3) is 0 Å². The van der Waals surface area contributed by atoms with E-state index in [1.807, 2.05) is 0 Å². The highest BCUT2D eigenvalue weighted by atomic mass is 79.9. The van der Waals surface area contributed by atoms with Crippen LogP contribution in [0.3, 0.4) is 0 Å². The molecule has 4 N–H and O–H groups in total. The van der Waals surface area contributed by atoms with Crippen molar-refractivity contribution < 1.29 is 43.3 Å². The van der Waals surface area contributed by atoms with E-state index in [1.54, 1.807) is 76.2 Å². The number of hydrogen-bond acceptors (Lipinski definition) is 7. The van der Waals surface area contributed by atoms with Gasteiger partial charge in [-0.3, -0.25) is 19.2 Å². The van der Waals surface area contributed by atoms with Gasteiger partial charge in [-0.05, 0) is 121 Å². The zero-order valence-electron chi connectivity index (χ0n) is 30.6. The largest absolute Gasteiger partial charge is 0.487 e. The SMILES string of the molecule is CC(C)C(=O)Nc1cc(C#N)cc(COc2c(Cl)cc(CCC(=O)O)cc2Cl)c1.CC(C)C(=O)Nc1cc(F)cc(COc2c(Br)cc(CC(=O)O)cc2Br)c1. The zero-order chi connectivity index (χ0) is 41.7. The standard InChI is InChI=1S/C21H20Cl2N2O4.C19H18Br2FNO4/c1-12(2)21(28)25-16-6-14(10-24)5-15(7-16)11-29-20-17(22)8-13(9-18(20)23)3-4-19(26)27;1-10(2)19(26)23-14-4-12(3-13(22)8-14)9-27-18-15(20)5-11(6-16(18)21)7-17(24)25/h5-9,12H,3-4,11H2,1-2H3,(H,25,28)(H,26,27);3-6,8,10H,7,9H2,1-2H3,(H,23,26)(H,24,25). The monoisotopic (exact) mass is 935 g/mol. The molecule has 0 heterocycles. The summed E-state index contributed by atoms with van der Waals surface area (Å²) in [6, 6.07) is 17.8. The van der Waals surface area contributed by atoms with Crippen LogP contribution in [0.15, 0.2) is 69.6 Å². The van der Waals surface area contributed by atoms with E-state index in [0.29, 0.717) is 60.3 Å². The number of aryl methyl sites for hydroxylation is 1. The lowest BCUT2D eigenvalue weighted by Crippen LogP contribution is -2.18. The van der Waals surface area contributed by atoms with Crippen LogP contribution in [-0.2, 0) is 45.2 Å². The van der Waals surface area contributed by atoms with Gasteiger partial charge in [-0.2, -0.15) is 5.26 Å². The van der Waals surface area contributed by atoms with E-state index in [-0.39, 0.29) is 65.5 Å². The Hall–Kier alpha value is -4.68. The van der Waals surface area contributed by atoms with Crippen molar-refractivity contribution >= 4 is 90.2 Å². The van der Waals surface area contributed by atoms with Gasteiger partial charge in [-0.25, -0.2) is 4.39 Å². The summed E-state index contributed by atoms with van der Waals surface area (Å²) in [5.41, 5.74) is 3.75. The van der Waals surface area contributed by atoms with Crippen molar-refractivity contribution in [1.82, 2.24) is 0 Å². The fraction of sp³-hybridized carbons (Fsp3) is 0.275. The molecule has 11 nitrogen and oxygen atoms in total. The third-order valence-corrected chi connectivity index (χ3v) is 9.27. The van der Waals surface area contributed by atoms with E-state index in [1.165, 1.54) is 12.1 Å². The first-order valence-corrected chi connectivity index (χ1v) is 19.3. The second kappa shape index (κ2) is 21.6. The van der Waals surface area contributed by atoms with Crippen LogP contribution in [0.25, 0.3) is 0 Å². The number of hydrogen-bond donors (Lipinski definition) is 4. The van der Waals surface area contributed by atoms with Gasteiger partial charge < -0.3 is 30.3 Å². The van der Waals surface area contributed by atoms with Gasteiger partial charge in [0.2, 0.25) is 11.8 Å². The molecule has 4 aromatic rings. The zero-order valence-corrected chi connectivity index (χ0v) is 35.3. The molecular weight excluding hydrogens is 900 g/mol. The van der Waals surface area contributed by atoms with Gasteiger partial charge in [-0.15, -0.1) is 0 Å². The summed E-state index contributed by atoms with van der Waals surface area (Å²) in [5, 5.41) is 32.9. The number of rotatable bonds is 15. The number of carbonyl (C=O) groups is 4. The Morgan fingerprint density at radius 1 is 0.714 bits per heavy atom. The van der Waals surface area contributed by atoms with E-state index in [4.69, 9.17) is 42.9 Å². The Morgan fingerprint density at radius 3 is 1.70 bits per heavy atom. The predicted octanol–water partition coefficient (Wildman–Crippen LogP) is 10.2. The Kier molecular flexibility index (Phi) is 17.6. The van der Waals surface area contributed by atoms with Crippen LogP contribution >= 0.6 is 55.1 Å². The lowest BCUT2D eigenvalue weighted by Gasteiger charge is -2.13. The molecule has 56 heavy (non-hydrogen) atoms. The molecule has 0 fully saturated rings. The Morgan fingerprint density at radius 2 is 1.21 bits per heavy atom. The summed E-state index contributed by atoms with van der Waals surface area (Å²) in [6.45, 7) is 7.20. The topological polar surface area (TPSA) is 175 Å². The number of benzene rings is 4. The molecule has 296 valence electrons. The van der Waals surface area contributed by atoms with E-state index >= 15 is 0 Å². The molecule has 4 rings (SSSR count). The van der Waals surface area contributed by atoms with Crippen LogP contribution in [0.2, 0.25) is 10.0 Å². The second-order valence-electron chi connectivity index (χ2n) is 13.0. The van der Waals surface area contributed by atoms with Crippen LogP contribution in [-0.4, -0.2) is 34.0 Å². The molecular formula is C40H38Br2Cl2FN3O8. The van der Waals surface area contributed by atoms with Crippen molar-refractivity contribution in [2.45, 2.75) is 60.2 Å². The third-order valence-electron chi connectivity index (χ3n) is 7.53. The average Bonchev–Trinajstić information content (AvgIpc) is 3.09.